The summed E-state index contributed by atoms with van der Waals surface area (Å²) in [6.07, 6.45) is -6.37. The summed E-state index contributed by atoms with van der Waals surface area (Å²) in [7, 11) is 0. The molecule has 1 fully saturated rings. The molecule has 3 aromatic rings. The van der Waals surface area contributed by atoms with Crippen LogP contribution in [-0.4, -0.2) is 71.6 Å². The van der Waals surface area contributed by atoms with Crippen LogP contribution in [0, 0.1) is 0 Å². The van der Waals surface area contributed by atoms with E-state index in [1.54, 1.807) is 25.1 Å². The molecule has 236 valence electrons. The molecule has 0 radical (unpaired) electrons. The molecule has 3 aliphatic rings. The third kappa shape index (κ3) is 5.37. The largest absolute Gasteiger partial charge is 0.504 e. The van der Waals surface area contributed by atoms with E-state index in [0.29, 0.717) is 28.0 Å². The summed E-state index contributed by atoms with van der Waals surface area (Å²) in [5, 5.41) is 21.6. The molecule has 0 aromatic heterocycles. The molecule has 0 saturated carbocycles. The van der Waals surface area contributed by atoms with Crippen LogP contribution in [0.2, 0.25) is 0 Å². The van der Waals surface area contributed by atoms with Gasteiger partial charge in [0.15, 0.2) is 35.2 Å². The van der Waals surface area contributed by atoms with E-state index in [1.807, 2.05) is 0 Å². The van der Waals surface area contributed by atoms with Gasteiger partial charge in [0, 0.05) is 37.3 Å². The van der Waals surface area contributed by atoms with Crippen LogP contribution in [0.25, 0.3) is 21.9 Å². The normalized spacial score (nSPS) is 23.2. The number of carbonyl (C=O) groups is 4. The lowest BCUT2D eigenvalue weighted by molar-refractivity contribution is -0.280. The number of aromatic hydroxyl groups is 2. The number of fused-ring (bicyclic) bond motifs is 3. The van der Waals surface area contributed by atoms with E-state index in [0.717, 1.165) is 20.8 Å². The van der Waals surface area contributed by atoms with E-state index in [2.05, 4.69) is 0 Å². The third-order valence-electron chi connectivity index (χ3n) is 7.53. The highest BCUT2D eigenvalue weighted by molar-refractivity contribution is 6.14. The van der Waals surface area contributed by atoms with E-state index in [-0.39, 0.29) is 35.7 Å². The molecule has 3 aromatic carbocycles. The zero-order chi connectivity index (χ0) is 32.2. The molecule has 5 atom stereocenters. The molecule has 1 saturated heterocycles. The predicted octanol–water partition coefficient (Wildman–Crippen LogP) is 3.24. The second-order valence-corrected chi connectivity index (χ2v) is 10.6. The maximum absolute atomic E-state index is 13.3. The van der Waals surface area contributed by atoms with Crippen molar-refractivity contribution in [3.8, 4) is 39.9 Å². The summed E-state index contributed by atoms with van der Waals surface area (Å²) < 4.78 is 45.2. The molecule has 14 heteroatoms. The molecule has 0 amide bonds. The minimum Gasteiger partial charge on any atom is -0.504 e. The van der Waals surface area contributed by atoms with Crippen LogP contribution < -0.4 is 14.2 Å². The zero-order valence-electron chi connectivity index (χ0n) is 24.5. The topological polar surface area (TPSA) is 183 Å². The second kappa shape index (κ2) is 11.4. The predicted molar refractivity (Wildman–Crippen MR) is 150 cm³/mol. The van der Waals surface area contributed by atoms with Gasteiger partial charge in [-0.05, 0) is 42.1 Å². The Balaban J connectivity index is 1.53. The lowest BCUT2D eigenvalue weighted by Crippen LogP contribution is -2.62. The van der Waals surface area contributed by atoms with Gasteiger partial charge in [-0.15, -0.1) is 0 Å². The summed E-state index contributed by atoms with van der Waals surface area (Å²) in [6.45, 7) is 4.77. The number of hydrogen-bond donors (Lipinski definition) is 2. The SMILES string of the molecule is CC(=O)O[C@H]1[C@H](OC(C)=O)[C@@H](OC(C)=O)C(Oc2c3c(c(-c4ccc5c(c4)OCO5)c4cc(O)c(O)cc24)C(=O)OC3)O[C@@H]1C. The average molecular weight is 625 g/mol. The van der Waals surface area contributed by atoms with E-state index >= 15 is 0 Å². The quantitative estimate of drug-likeness (QED) is 0.232. The number of cyclic esters (lactones) is 1. The van der Waals surface area contributed by atoms with E-state index < -0.39 is 66.1 Å². The third-order valence-corrected chi connectivity index (χ3v) is 7.53. The van der Waals surface area contributed by atoms with E-state index in [9.17, 15) is 29.4 Å². The van der Waals surface area contributed by atoms with Crippen molar-refractivity contribution < 1.29 is 67.3 Å². The fraction of sp³-hybridized carbons (Fsp3) is 0.355. The van der Waals surface area contributed by atoms with Crippen LogP contribution >= 0.6 is 0 Å². The lowest BCUT2D eigenvalue weighted by Gasteiger charge is -2.43. The van der Waals surface area contributed by atoms with Crippen molar-refractivity contribution in [3.05, 3.63) is 41.5 Å². The maximum Gasteiger partial charge on any atom is 0.339 e. The maximum atomic E-state index is 13.3. The molecule has 0 aliphatic carbocycles. The van der Waals surface area contributed by atoms with Crippen LogP contribution in [-0.2, 0) is 44.7 Å². The Hall–Kier alpha value is -5.24. The smallest absolute Gasteiger partial charge is 0.339 e. The van der Waals surface area contributed by atoms with Gasteiger partial charge in [-0.25, -0.2) is 4.79 Å². The Bertz CT molecular complexity index is 1750. The first-order chi connectivity index (χ1) is 21.4. The van der Waals surface area contributed by atoms with Crippen LogP contribution in [0.3, 0.4) is 0 Å². The molecule has 3 aliphatic heterocycles. The van der Waals surface area contributed by atoms with Crippen molar-refractivity contribution in [2.45, 2.75) is 65.0 Å². The van der Waals surface area contributed by atoms with Crippen molar-refractivity contribution in [2.24, 2.45) is 0 Å². The fourth-order valence-electron chi connectivity index (χ4n) is 5.77. The minimum absolute atomic E-state index is 0.00695. The van der Waals surface area contributed by atoms with Gasteiger partial charge in [-0.2, -0.15) is 0 Å². The summed E-state index contributed by atoms with van der Waals surface area (Å²) in [6, 6.07) is 7.58. The van der Waals surface area contributed by atoms with Gasteiger partial charge in [0.05, 0.1) is 11.7 Å². The number of phenolic OH excluding ortho intramolecular Hbond substituents is 2. The first-order valence-corrected chi connectivity index (χ1v) is 13.9. The molecular weight excluding hydrogens is 596 g/mol. The summed E-state index contributed by atoms with van der Waals surface area (Å²) in [5.41, 5.74) is 1.28. The van der Waals surface area contributed by atoms with E-state index in [1.165, 1.54) is 12.1 Å². The van der Waals surface area contributed by atoms with Gasteiger partial charge in [-0.1, -0.05) is 6.07 Å². The Morgan fingerprint density at radius 2 is 1.40 bits per heavy atom. The monoisotopic (exact) mass is 624 g/mol. The van der Waals surface area contributed by atoms with Crippen LogP contribution in [0.1, 0.15) is 43.6 Å². The molecular formula is C31H28O14. The average Bonchev–Trinajstić information content (AvgIpc) is 3.59. The highest BCUT2D eigenvalue weighted by Crippen LogP contribution is 2.49. The van der Waals surface area contributed by atoms with Crippen molar-refractivity contribution in [1.29, 1.82) is 0 Å². The van der Waals surface area contributed by atoms with E-state index in [4.69, 9.17) is 37.9 Å². The Labute approximate surface area is 255 Å². The van der Waals surface area contributed by atoms with Gasteiger partial charge < -0.3 is 48.1 Å². The van der Waals surface area contributed by atoms with Gasteiger partial charge in [0.1, 0.15) is 12.4 Å². The molecule has 6 rings (SSSR count). The molecule has 45 heavy (non-hydrogen) atoms. The summed E-state index contributed by atoms with van der Waals surface area (Å²) in [4.78, 5) is 49.5. The second-order valence-electron chi connectivity index (χ2n) is 10.6. The summed E-state index contributed by atoms with van der Waals surface area (Å²) >= 11 is 0. The van der Waals surface area contributed by atoms with Crippen molar-refractivity contribution in [3.63, 3.8) is 0 Å². The number of hydrogen-bond acceptors (Lipinski definition) is 14. The van der Waals surface area contributed by atoms with Crippen molar-refractivity contribution in [1.82, 2.24) is 0 Å². The molecule has 0 bridgehead atoms. The van der Waals surface area contributed by atoms with Crippen molar-refractivity contribution in [2.75, 3.05) is 6.79 Å². The molecule has 0 spiro atoms. The Kier molecular flexibility index (Phi) is 7.52. The number of rotatable bonds is 6. The summed E-state index contributed by atoms with van der Waals surface area (Å²) in [5.74, 6) is -2.90. The van der Waals surface area contributed by atoms with Crippen molar-refractivity contribution >= 4 is 34.6 Å². The number of benzene rings is 3. The van der Waals surface area contributed by atoms with Gasteiger partial charge in [0.2, 0.25) is 19.2 Å². The van der Waals surface area contributed by atoms with Crippen LogP contribution in [0.15, 0.2) is 30.3 Å². The minimum atomic E-state index is -1.48. The standard InChI is InChI=1S/C31H28O14/c1-12-26(42-13(2)32)28(43-14(3)33)29(44-15(4)34)31(41-12)45-27-18-9-21(36)20(35)8-17(18)24(25-19(27)10-38-30(25)37)16-5-6-22-23(7-16)40-11-39-22/h5-9,12,26,28-29,31,35-36H,10-11H2,1-4H3/t12-,26-,28+,29-,31?/m1/s1. The zero-order valence-corrected chi connectivity index (χ0v) is 24.5. The van der Waals surface area contributed by atoms with Crippen LogP contribution in [0.5, 0.6) is 28.7 Å². The first-order valence-electron chi connectivity index (χ1n) is 13.9. The molecule has 3 heterocycles. The molecule has 1 unspecified atom stereocenters. The Morgan fingerprint density at radius 1 is 0.778 bits per heavy atom. The van der Waals surface area contributed by atoms with Gasteiger partial charge in [0.25, 0.3) is 0 Å². The fourth-order valence-corrected chi connectivity index (χ4v) is 5.77. The molecule has 14 nitrogen and oxygen atoms in total. The highest BCUT2D eigenvalue weighted by atomic mass is 16.7. The van der Waals surface area contributed by atoms with Crippen LogP contribution in [0.4, 0.5) is 0 Å². The number of ether oxygens (including phenoxy) is 8. The first kappa shape index (κ1) is 29.8. The Morgan fingerprint density at radius 3 is 2.09 bits per heavy atom. The lowest BCUT2D eigenvalue weighted by atomic mass is 9.89. The number of phenols is 2. The van der Waals surface area contributed by atoms with Gasteiger partial charge in [-0.3, -0.25) is 14.4 Å². The highest BCUT2D eigenvalue weighted by Gasteiger charge is 2.52. The van der Waals surface area contributed by atoms with Gasteiger partial charge >= 0.3 is 23.9 Å². The number of carbonyl (C=O) groups excluding carboxylic acids is 4. The molecule has 2 N–H and O–H groups in total. The number of esters is 4.